The Morgan fingerprint density at radius 1 is 1.00 bits per heavy atom. The van der Waals surface area contributed by atoms with E-state index in [1.165, 1.54) is 71.4 Å². The Bertz CT molecular complexity index is 218. The van der Waals surface area contributed by atoms with E-state index in [9.17, 15) is 0 Å². The second-order valence-electron chi connectivity index (χ2n) is 6.16. The zero-order valence-electron chi connectivity index (χ0n) is 12.3. The average molecular weight is 253 g/mol. The second-order valence-corrected chi connectivity index (χ2v) is 6.16. The van der Waals surface area contributed by atoms with E-state index in [4.69, 9.17) is 0 Å². The minimum atomic E-state index is 0.691. The molecule has 0 spiro atoms. The summed E-state index contributed by atoms with van der Waals surface area (Å²) in [5.41, 5.74) is 0. The van der Waals surface area contributed by atoms with Crippen molar-refractivity contribution in [3.05, 3.63) is 0 Å². The number of nitrogens with one attached hydrogen (secondary N) is 1. The molecular formula is C15H31N3. The van der Waals surface area contributed by atoms with Gasteiger partial charge in [-0.25, -0.2) is 0 Å². The predicted octanol–water partition coefficient (Wildman–Crippen LogP) is 1.79. The van der Waals surface area contributed by atoms with Gasteiger partial charge in [-0.2, -0.15) is 0 Å². The molecule has 1 unspecified atom stereocenters. The van der Waals surface area contributed by atoms with Crippen LogP contribution in [0.5, 0.6) is 0 Å². The van der Waals surface area contributed by atoms with E-state index in [0.717, 1.165) is 5.92 Å². The van der Waals surface area contributed by atoms with Gasteiger partial charge in [-0.3, -0.25) is 0 Å². The molecule has 18 heavy (non-hydrogen) atoms. The van der Waals surface area contributed by atoms with Crippen molar-refractivity contribution in [2.75, 3.05) is 46.3 Å². The van der Waals surface area contributed by atoms with Crippen LogP contribution in [0.3, 0.4) is 0 Å². The molecule has 2 aliphatic heterocycles. The fourth-order valence-corrected chi connectivity index (χ4v) is 3.44. The molecule has 1 atom stereocenters. The van der Waals surface area contributed by atoms with Crippen molar-refractivity contribution in [2.24, 2.45) is 5.92 Å². The standard InChI is InChI=1S/C15H31N3/c1-14(16-2)15-6-12-18(13-7-15)11-5-10-17-8-3-4-9-17/h14-16H,3-13H2,1-2H3. The lowest BCUT2D eigenvalue weighted by molar-refractivity contribution is 0.158. The van der Waals surface area contributed by atoms with Crippen molar-refractivity contribution in [3.63, 3.8) is 0 Å². The second kappa shape index (κ2) is 7.46. The van der Waals surface area contributed by atoms with Crippen molar-refractivity contribution in [2.45, 2.75) is 45.1 Å². The number of rotatable bonds is 6. The van der Waals surface area contributed by atoms with Crippen LogP contribution in [0.25, 0.3) is 0 Å². The fourth-order valence-electron chi connectivity index (χ4n) is 3.44. The van der Waals surface area contributed by atoms with E-state index in [1.54, 1.807) is 0 Å². The number of likely N-dealkylation sites (tertiary alicyclic amines) is 2. The lowest BCUT2D eigenvalue weighted by Gasteiger charge is -2.35. The van der Waals surface area contributed by atoms with E-state index in [-0.39, 0.29) is 0 Å². The summed E-state index contributed by atoms with van der Waals surface area (Å²) >= 11 is 0. The summed E-state index contributed by atoms with van der Waals surface area (Å²) in [6, 6.07) is 0.691. The first-order valence-electron chi connectivity index (χ1n) is 7.91. The van der Waals surface area contributed by atoms with Gasteiger partial charge in [-0.15, -0.1) is 0 Å². The van der Waals surface area contributed by atoms with E-state index >= 15 is 0 Å². The summed E-state index contributed by atoms with van der Waals surface area (Å²) in [5.74, 6) is 0.893. The summed E-state index contributed by atoms with van der Waals surface area (Å²) in [6.07, 6.45) is 6.98. The maximum atomic E-state index is 3.40. The van der Waals surface area contributed by atoms with Crippen molar-refractivity contribution in [3.8, 4) is 0 Å². The summed E-state index contributed by atoms with van der Waals surface area (Å²) in [7, 11) is 2.09. The lowest BCUT2D eigenvalue weighted by atomic mass is 9.90. The van der Waals surface area contributed by atoms with E-state index in [0.29, 0.717) is 6.04 Å². The van der Waals surface area contributed by atoms with Crippen LogP contribution in [0.2, 0.25) is 0 Å². The molecule has 2 aliphatic rings. The minimum absolute atomic E-state index is 0.691. The summed E-state index contributed by atoms with van der Waals surface area (Å²) in [4.78, 5) is 5.31. The van der Waals surface area contributed by atoms with Gasteiger partial charge in [-0.05, 0) is 91.3 Å². The number of nitrogens with zero attached hydrogens (tertiary/aromatic N) is 2. The fraction of sp³-hybridized carbons (Fsp3) is 1.00. The minimum Gasteiger partial charge on any atom is -0.317 e. The summed E-state index contributed by atoms with van der Waals surface area (Å²) in [5, 5.41) is 3.40. The summed E-state index contributed by atoms with van der Waals surface area (Å²) in [6.45, 7) is 10.3. The lowest BCUT2D eigenvalue weighted by Crippen LogP contribution is -2.41. The van der Waals surface area contributed by atoms with Gasteiger partial charge in [0.05, 0.1) is 0 Å². The van der Waals surface area contributed by atoms with Crippen LogP contribution in [-0.4, -0.2) is 62.2 Å². The topological polar surface area (TPSA) is 18.5 Å². The van der Waals surface area contributed by atoms with Gasteiger partial charge in [0.25, 0.3) is 0 Å². The number of hydrogen-bond acceptors (Lipinski definition) is 3. The van der Waals surface area contributed by atoms with E-state index in [1.807, 2.05) is 0 Å². The van der Waals surface area contributed by atoms with Gasteiger partial charge in [0.1, 0.15) is 0 Å². The van der Waals surface area contributed by atoms with Crippen LogP contribution >= 0.6 is 0 Å². The van der Waals surface area contributed by atoms with Crippen molar-refractivity contribution < 1.29 is 0 Å². The SMILES string of the molecule is CNC(C)C1CCN(CCCN2CCCC2)CC1. The smallest absolute Gasteiger partial charge is 0.00649 e. The molecule has 0 aromatic carbocycles. The highest BCUT2D eigenvalue weighted by Gasteiger charge is 2.22. The van der Waals surface area contributed by atoms with Crippen LogP contribution in [0, 0.1) is 5.92 Å². The van der Waals surface area contributed by atoms with Crippen LogP contribution in [0.15, 0.2) is 0 Å². The van der Waals surface area contributed by atoms with Gasteiger partial charge in [0.15, 0.2) is 0 Å². The highest BCUT2D eigenvalue weighted by Crippen LogP contribution is 2.20. The van der Waals surface area contributed by atoms with Crippen LogP contribution in [-0.2, 0) is 0 Å². The Morgan fingerprint density at radius 2 is 1.56 bits per heavy atom. The first-order chi connectivity index (χ1) is 8.79. The van der Waals surface area contributed by atoms with Crippen LogP contribution in [0.4, 0.5) is 0 Å². The molecule has 2 rings (SSSR count). The molecule has 2 fully saturated rings. The Labute approximate surface area is 113 Å². The number of piperidine rings is 1. The molecule has 0 aromatic heterocycles. The first kappa shape index (κ1) is 14.3. The maximum absolute atomic E-state index is 3.40. The van der Waals surface area contributed by atoms with E-state index in [2.05, 4.69) is 29.1 Å². The summed E-state index contributed by atoms with van der Waals surface area (Å²) < 4.78 is 0. The van der Waals surface area contributed by atoms with Crippen LogP contribution < -0.4 is 5.32 Å². The first-order valence-corrected chi connectivity index (χ1v) is 7.91. The normalized spacial score (nSPS) is 25.7. The molecule has 106 valence electrons. The van der Waals surface area contributed by atoms with Gasteiger partial charge in [0.2, 0.25) is 0 Å². The Kier molecular flexibility index (Phi) is 5.93. The van der Waals surface area contributed by atoms with Crippen molar-refractivity contribution in [1.29, 1.82) is 0 Å². The maximum Gasteiger partial charge on any atom is 0.00649 e. The molecule has 0 bridgehead atoms. The van der Waals surface area contributed by atoms with Crippen molar-refractivity contribution in [1.82, 2.24) is 15.1 Å². The highest BCUT2D eigenvalue weighted by atomic mass is 15.2. The molecular weight excluding hydrogens is 222 g/mol. The van der Waals surface area contributed by atoms with Gasteiger partial charge in [0, 0.05) is 6.04 Å². The predicted molar refractivity (Wildman–Crippen MR) is 78.0 cm³/mol. The quantitative estimate of drug-likeness (QED) is 0.778. The van der Waals surface area contributed by atoms with Crippen molar-refractivity contribution >= 4 is 0 Å². The molecule has 2 saturated heterocycles. The highest BCUT2D eigenvalue weighted by molar-refractivity contribution is 4.79. The number of hydrogen-bond donors (Lipinski definition) is 1. The van der Waals surface area contributed by atoms with E-state index < -0.39 is 0 Å². The average Bonchev–Trinajstić information content (AvgIpc) is 2.92. The van der Waals surface area contributed by atoms with Crippen LogP contribution in [0.1, 0.15) is 39.0 Å². The molecule has 2 heterocycles. The van der Waals surface area contributed by atoms with Gasteiger partial charge < -0.3 is 15.1 Å². The molecule has 0 amide bonds. The molecule has 3 nitrogen and oxygen atoms in total. The molecule has 1 N–H and O–H groups in total. The zero-order valence-corrected chi connectivity index (χ0v) is 12.3. The Hall–Kier alpha value is -0.120. The third-order valence-corrected chi connectivity index (χ3v) is 4.94. The molecule has 0 aliphatic carbocycles. The molecule has 0 saturated carbocycles. The largest absolute Gasteiger partial charge is 0.317 e. The Morgan fingerprint density at radius 3 is 2.11 bits per heavy atom. The molecule has 0 aromatic rings. The Balaban J connectivity index is 1.55. The van der Waals surface area contributed by atoms with Gasteiger partial charge >= 0.3 is 0 Å². The molecule has 0 radical (unpaired) electrons. The van der Waals surface area contributed by atoms with Gasteiger partial charge in [-0.1, -0.05) is 0 Å². The monoisotopic (exact) mass is 253 g/mol. The third-order valence-electron chi connectivity index (χ3n) is 4.94. The molecule has 3 heteroatoms. The zero-order chi connectivity index (χ0) is 12.8. The third kappa shape index (κ3) is 4.22.